The number of carbonyl (C=O) groups excluding carboxylic acids is 2. The number of ketones is 1. The molecule has 0 saturated carbocycles. The minimum atomic E-state index is -0.223. The van der Waals surface area contributed by atoms with Crippen molar-refractivity contribution in [2.75, 3.05) is 5.88 Å². The first kappa shape index (κ1) is 10.2. The van der Waals surface area contributed by atoms with Gasteiger partial charge in [0.1, 0.15) is 5.75 Å². The minimum absolute atomic E-state index is 0.0292. The van der Waals surface area contributed by atoms with Gasteiger partial charge >= 0.3 is 5.97 Å². The molecule has 0 aliphatic carbocycles. The molecule has 0 radical (unpaired) electrons. The third-order valence-electron chi connectivity index (χ3n) is 2.33. The molecule has 0 fully saturated rings. The molecule has 0 saturated heterocycles. The highest BCUT2D eigenvalue weighted by Gasteiger charge is 2.18. The maximum atomic E-state index is 11.3. The molecule has 0 amide bonds. The van der Waals surface area contributed by atoms with Gasteiger partial charge in [0.05, 0.1) is 12.3 Å². The van der Waals surface area contributed by atoms with Crippen LogP contribution in [0.25, 0.3) is 0 Å². The van der Waals surface area contributed by atoms with E-state index in [1.165, 1.54) is 0 Å². The molecule has 1 aromatic carbocycles. The normalized spacial score (nSPS) is 14.3. The number of halogens is 1. The number of Topliss-reactive ketones (excluding diaryl/α,β-unsaturated/α-hetero) is 1. The van der Waals surface area contributed by atoms with Gasteiger partial charge in [0, 0.05) is 5.56 Å². The number of hydrogen-bond acceptors (Lipinski definition) is 3. The molecule has 1 aliphatic rings. The molecule has 1 heterocycles. The van der Waals surface area contributed by atoms with Gasteiger partial charge in [0.15, 0.2) is 5.78 Å². The van der Waals surface area contributed by atoms with E-state index in [1.807, 2.05) is 0 Å². The van der Waals surface area contributed by atoms with Crippen molar-refractivity contribution < 1.29 is 14.3 Å². The average molecular weight is 225 g/mol. The molecule has 78 valence electrons. The van der Waals surface area contributed by atoms with Gasteiger partial charge in [0.25, 0.3) is 0 Å². The molecular formula is C11H9ClO3. The predicted molar refractivity (Wildman–Crippen MR) is 55.4 cm³/mol. The lowest BCUT2D eigenvalue weighted by Crippen LogP contribution is -2.16. The first-order chi connectivity index (χ1) is 7.20. The number of esters is 1. The van der Waals surface area contributed by atoms with Crippen LogP contribution < -0.4 is 4.74 Å². The van der Waals surface area contributed by atoms with Crippen molar-refractivity contribution in [2.24, 2.45) is 0 Å². The summed E-state index contributed by atoms with van der Waals surface area (Å²) >= 11 is 5.46. The Bertz CT molecular complexity index is 426. The van der Waals surface area contributed by atoms with Crippen LogP contribution in [0.15, 0.2) is 18.2 Å². The number of rotatable bonds is 2. The van der Waals surface area contributed by atoms with E-state index in [1.54, 1.807) is 18.2 Å². The van der Waals surface area contributed by atoms with Gasteiger partial charge in [-0.05, 0) is 30.2 Å². The molecule has 1 aromatic rings. The van der Waals surface area contributed by atoms with Crippen LogP contribution in [0.5, 0.6) is 5.75 Å². The number of ether oxygens (including phenoxy) is 1. The largest absolute Gasteiger partial charge is 0.426 e. The van der Waals surface area contributed by atoms with Gasteiger partial charge in [-0.3, -0.25) is 9.59 Å². The Morgan fingerprint density at radius 2 is 2.20 bits per heavy atom. The van der Waals surface area contributed by atoms with Crippen molar-refractivity contribution in [3.63, 3.8) is 0 Å². The lowest BCUT2D eigenvalue weighted by Gasteiger charge is -2.15. The second-order valence-electron chi connectivity index (χ2n) is 3.35. The Kier molecular flexibility index (Phi) is 2.73. The van der Waals surface area contributed by atoms with Crippen LogP contribution in [-0.2, 0) is 11.2 Å². The van der Waals surface area contributed by atoms with Crippen molar-refractivity contribution in [1.29, 1.82) is 0 Å². The SMILES string of the molecule is O=C1CCc2cc(C(=O)CCl)ccc2O1. The van der Waals surface area contributed by atoms with E-state index in [-0.39, 0.29) is 17.6 Å². The fourth-order valence-corrected chi connectivity index (χ4v) is 1.69. The highest BCUT2D eigenvalue weighted by Crippen LogP contribution is 2.26. The van der Waals surface area contributed by atoms with Crippen molar-refractivity contribution >= 4 is 23.4 Å². The number of hydrogen-bond donors (Lipinski definition) is 0. The second kappa shape index (κ2) is 4.03. The summed E-state index contributed by atoms with van der Waals surface area (Å²) in [7, 11) is 0. The molecular weight excluding hydrogens is 216 g/mol. The molecule has 3 nitrogen and oxygen atoms in total. The van der Waals surface area contributed by atoms with E-state index >= 15 is 0 Å². The number of carbonyl (C=O) groups is 2. The summed E-state index contributed by atoms with van der Waals surface area (Å²) in [4.78, 5) is 22.3. The van der Waals surface area contributed by atoms with Crippen LogP contribution in [-0.4, -0.2) is 17.6 Å². The van der Waals surface area contributed by atoms with Gasteiger partial charge < -0.3 is 4.74 Å². The molecule has 15 heavy (non-hydrogen) atoms. The topological polar surface area (TPSA) is 43.4 Å². The van der Waals surface area contributed by atoms with Crippen LogP contribution in [0.2, 0.25) is 0 Å². The summed E-state index contributed by atoms with van der Waals surface area (Å²) in [6, 6.07) is 5.01. The van der Waals surface area contributed by atoms with Crippen molar-refractivity contribution in [3.05, 3.63) is 29.3 Å². The van der Waals surface area contributed by atoms with Crippen LogP contribution in [0.4, 0.5) is 0 Å². The van der Waals surface area contributed by atoms with Crippen molar-refractivity contribution in [2.45, 2.75) is 12.8 Å². The summed E-state index contributed by atoms with van der Waals surface area (Å²) in [5.41, 5.74) is 1.47. The van der Waals surface area contributed by atoms with Crippen LogP contribution in [0.1, 0.15) is 22.3 Å². The monoisotopic (exact) mass is 224 g/mol. The zero-order valence-electron chi connectivity index (χ0n) is 7.96. The van der Waals surface area contributed by atoms with Crippen molar-refractivity contribution in [1.82, 2.24) is 0 Å². The summed E-state index contributed by atoms with van der Waals surface area (Å²) < 4.78 is 5.02. The predicted octanol–water partition coefficient (Wildman–Crippen LogP) is 1.96. The summed E-state index contributed by atoms with van der Waals surface area (Å²) in [6.07, 6.45) is 0.989. The number of fused-ring (bicyclic) bond motifs is 1. The van der Waals surface area contributed by atoms with Gasteiger partial charge in [-0.1, -0.05) is 0 Å². The summed E-state index contributed by atoms with van der Waals surface area (Å²) in [6.45, 7) is 0. The first-order valence-corrected chi connectivity index (χ1v) is 5.17. The number of alkyl halides is 1. The first-order valence-electron chi connectivity index (χ1n) is 4.63. The fraction of sp³-hybridized carbons (Fsp3) is 0.273. The fourth-order valence-electron chi connectivity index (χ4n) is 1.54. The Balaban J connectivity index is 2.34. The van der Waals surface area contributed by atoms with Gasteiger partial charge in [-0.15, -0.1) is 11.6 Å². The highest BCUT2D eigenvalue weighted by atomic mass is 35.5. The van der Waals surface area contributed by atoms with E-state index in [4.69, 9.17) is 16.3 Å². The molecule has 0 bridgehead atoms. The van der Waals surface area contributed by atoms with Crippen LogP contribution >= 0.6 is 11.6 Å². The molecule has 0 spiro atoms. The Morgan fingerprint density at radius 1 is 1.40 bits per heavy atom. The Morgan fingerprint density at radius 3 is 2.93 bits per heavy atom. The van der Waals surface area contributed by atoms with E-state index < -0.39 is 0 Å². The quantitative estimate of drug-likeness (QED) is 0.334. The van der Waals surface area contributed by atoms with Crippen LogP contribution in [0, 0.1) is 0 Å². The van der Waals surface area contributed by atoms with E-state index in [9.17, 15) is 9.59 Å². The lowest BCUT2D eigenvalue weighted by atomic mass is 10.0. The third kappa shape index (κ3) is 2.02. The second-order valence-corrected chi connectivity index (χ2v) is 3.62. The van der Waals surface area contributed by atoms with Crippen molar-refractivity contribution in [3.8, 4) is 5.75 Å². The van der Waals surface area contributed by atoms with E-state index in [2.05, 4.69) is 0 Å². The maximum Gasteiger partial charge on any atom is 0.311 e. The molecule has 2 rings (SSSR count). The van der Waals surface area contributed by atoms with Gasteiger partial charge in [0.2, 0.25) is 0 Å². The molecule has 0 atom stereocenters. The molecule has 4 heteroatoms. The highest BCUT2D eigenvalue weighted by molar-refractivity contribution is 6.30. The molecule has 0 N–H and O–H groups in total. The molecule has 0 aromatic heterocycles. The van der Waals surface area contributed by atoms with Gasteiger partial charge in [-0.25, -0.2) is 0 Å². The third-order valence-corrected chi connectivity index (χ3v) is 2.57. The summed E-state index contributed by atoms with van der Waals surface area (Å²) in [5, 5.41) is 0. The molecule has 1 aliphatic heterocycles. The maximum absolute atomic E-state index is 11.3. The number of aryl methyl sites for hydroxylation is 1. The minimum Gasteiger partial charge on any atom is -0.426 e. The van der Waals surface area contributed by atoms with E-state index in [0.29, 0.717) is 24.2 Å². The standard InChI is InChI=1S/C11H9ClO3/c12-6-9(13)7-1-3-10-8(5-7)2-4-11(14)15-10/h1,3,5H,2,4,6H2. The summed E-state index contributed by atoms with van der Waals surface area (Å²) in [5.74, 6) is 0.186. The lowest BCUT2D eigenvalue weighted by molar-refractivity contribution is -0.135. The smallest absolute Gasteiger partial charge is 0.311 e. The zero-order valence-corrected chi connectivity index (χ0v) is 8.71. The molecule has 0 unspecified atom stereocenters. The van der Waals surface area contributed by atoms with Gasteiger partial charge in [-0.2, -0.15) is 0 Å². The Labute approximate surface area is 92.0 Å². The van der Waals surface area contributed by atoms with E-state index in [0.717, 1.165) is 5.56 Å². The Hall–Kier alpha value is -1.35. The number of benzene rings is 1. The van der Waals surface area contributed by atoms with Crippen LogP contribution in [0.3, 0.4) is 0 Å². The average Bonchev–Trinajstić information content (AvgIpc) is 2.27. The zero-order chi connectivity index (χ0) is 10.8.